The number of aliphatic hydroxyl groups excluding tert-OH is 1. The Morgan fingerprint density at radius 1 is 0.588 bits per heavy atom. The van der Waals surface area contributed by atoms with E-state index in [4.69, 9.17) is 10.5 Å². The van der Waals surface area contributed by atoms with Crippen molar-refractivity contribution in [2.45, 2.75) is 336 Å². The Kier molecular flexibility index (Phi) is 40.5. The van der Waals surface area contributed by atoms with Crippen LogP contribution in [0.25, 0.3) is 0 Å². The molecule has 16 atom stereocenters. The molecular formula is C84H138N14O16. The van der Waals surface area contributed by atoms with Gasteiger partial charge in [-0.2, -0.15) is 0 Å². The lowest BCUT2D eigenvalue weighted by molar-refractivity contribution is -0.157. The summed E-state index contributed by atoms with van der Waals surface area (Å²) >= 11 is 0. The summed E-state index contributed by atoms with van der Waals surface area (Å²) in [5.41, 5.74) is 6.40. The van der Waals surface area contributed by atoms with Crippen LogP contribution in [0.1, 0.15) is 251 Å². The topological polar surface area (TPSA) is 442 Å². The smallest absolute Gasteiger partial charge is 0.329 e. The fourth-order valence-corrected chi connectivity index (χ4v) is 15.3. The number of nitrogens with one attached hydrogen (secondary N) is 12. The molecule has 2 saturated carbocycles. The average molecular weight is 1600 g/mol. The summed E-state index contributed by atoms with van der Waals surface area (Å²) in [6.45, 7) is 25.4. The van der Waals surface area contributed by atoms with Gasteiger partial charge in [-0.25, -0.2) is 4.79 Å². The standard InChI is InChI=1S/C84H138N14O16/c1-16-51(12)68(80(109)97-71-54(15)114-84(113)67(50(10)11)93-72(101)58(18-3)87-75(104)62(46-57-36-26-21-27-37-57)90-78(107)65(48(6)7)91-79(108)69(52(13)17-2)95-82(71)111)94-73(102)59(38-29-43-85)88-77(106)63-39-30-44-98(63)83(112)66(49(8)9)92-74(103)60(42-41-55-32-22-19-23-33-55)89-81(110)70(53(14)99)96-76(105)61(45-56-34-24-20-25-35-56)86-64(100)40-28-31-47(4)5/h18,21,26-27,36-37,47-56,59-63,65-71,99H,16-17,19-20,22-25,28-35,38-46,85H2,1-15H3,(H,86,100)(H,87,104)(H,88,106)(H,89,110)(H,90,107)(H,91,108)(H,92,103)(H,93,101)(H,94,102)(H,95,111)(H,96,105)(H,97,109)/b58-18-/t51-,52-,53-,54+,59+,60+,61-,62+,63-,65-,66-,67+,68-,69-,70+,71-/m1/s1. The molecule has 0 radical (unpaired) electrons. The normalized spacial score (nSPS) is 23.6. The fourth-order valence-electron chi connectivity index (χ4n) is 15.3. The summed E-state index contributed by atoms with van der Waals surface area (Å²) in [5.74, 6) is -13.2. The highest BCUT2D eigenvalue weighted by Crippen LogP contribution is 2.30. The van der Waals surface area contributed by atoms with Crippen LogP contribution in [0.3, 0.4) is 0 Å². The van der Waals surface area contributed by atoms with Crippen molar-refractivity contribution in [3.05, 3.63) is 47.7 Å². The molecule has 2 saturated heterocycles. The molecule has 4 aliphatic rings. The molecule has 0 bridgehead atoms. The quantitative estimate of drug-likeness (QED) is 0.0315. The summed E-state index contributed by atoms with van der Waals surface area (Å²) in [7, 11) is 0. The van der Waals surface area contributed by atoms with Gasteiger partial charge in [0.15, 0.2) is 0 Å². The Morgan fingerprint density at radius 3 is 1.74 bits per heavy atom. The van der Waals surface area contributed by atoms with Crippen molar-refractivity contribution in [2.75, 3.05) is 13.1 Å². The van der Waals surface area contributed by atoms with Gasteiger partial charge in [-0.05, 0) is 132 Å². The van der Waals surface area contributed by atoms with Gasteiger partial charge in [-0.3, -0.25) is 62.3 Å². The van der Waals surface area contributed by atoms with Crippen LogP contribution in [0.4, 0.5) is 0 Å². The fraction of sp³-hybridized carbons (Fsp3) is 0.738. The maximum absolute atomic E-state index is 15.1. The van der Waals surface area contributed by atoms with Gasteiger partial charge in [0.05, 0.1) is 6.10 Å². The van der Waals surface area contributed by atoms with Gasteiger partial charge >= 0.3 is 5.97 Å². The minimum atomic E-state index is -1.82. The Bertz CT molecular complexity index is 3390. The summed E-state index contributed by atoms with van der Waals surface area (Å²) in [6, 6.07) is -7.43. The molecule has 13 amide bonds. The van der Waals surface area contributed by atoms with Crippen molar-refractivity contribution in [2.24, 2.45) is 53.1 Å². The maximum Gasteiger partial charge on any atom is 0.329 e. The zero-order chi connectivity index (χ0) is 84.6. The second kappa shape index (κ2) is 48.1. The van der Waals surface area contributed by atoms with Gasteiger partial charge in [0.1, 0.15) is 84.3 Å². The molecule has 2 heterocycles. The number of esters is 1. The molecule has 0 aromatic heterocycles. The molecule has 114 heavy (non-hydrogen) atoms. The SMILES string of the molecule is C/C=C1\NC(=O)[C@H](Cc2ccccc2)NC(=O)[C@@H](C(C)C)NC(=O)[C@@H]([C@H](C)CC)NC(=O)[C@H](NC(=O)[C@H](NC(=O)[C@H](CCCN)NC(=O)[C@H]2CCCN2C(=O)[C@H](NC(=O)[C@H](CCC2CCCCC2)NC(=O)[C@@H](NC(=O)[C@@H](CC2CCCCC2)NC(=O)CCCC(C)C)[C@@H](C)O)C(C)C)[C@H](C)CC)[C@H](C)OC(=O)[C@H](C(C)C)NC1=O. The molecule has 2 aliphatic heterocycles. The molecule has 640 valence electrons. The average Bonchev–Trinajstić information content (AvgIpc) is 1.67. The number of ether oxygens (including phenoxy) is 1. The molecule has 1 aromatic carbocycles. The number of carbonyl (C=O) groups is 14. The zero-order valence-electron chi connectivity index (χ0n) is 70.4. The van der Waals surface area contributed by atoms with Crippen LogP contribution in [-0.2, 0) is 78.3 Å². The summed E-state index contributed by atoms with van der Waals surface area (Å²) in [4.78, 5) is 205. The molecule has 0 spiro atoms. The first-order chi connectivity index (χ1) is 54.0. The lowest BCUT2D eigenvalue weighted by Crippen LogP contribution is -2.64. The first kappa shape index (κ1) is 96.0. The lowest BCUT2D eigenvalue weighted by Gasteiger charge is -2.33. The van der Waals surface area contributed by atoms with Crippen LogP contribution in [-0.4, -0.2) is 191 Å². The van der Waals surface area contributed by atoms with Crippen molar-refractivity contribution in [1.82, 2.24) is 68.7 Å². The van der Waals surface area contributed by atoms with Crippen molar-refractivity contribution in [3.8, 4) is 0 Å². The Labute approximate surface area is 675 Å². The predicted octanol–water partition coefficient (Wildman–Crippen LogP) is 4.86. The van der Waals surface area contributed by atoms with Crippen molar-refractivity contribution < 1.29 is 77.0 Å². The van der Waals surface area contributed by atoms with Crippen LogP contribution in [0.5, 0.6) is 0 Å². The van der Waals surface area contributed by atoms with E-state index in [1.54, 1.807) is 99.6 Å². The van der Waals surface area contributed by atoms with Crippen LogP contribution in [0, 0.1) is 47.3 Å². The number of hydrogen-bond donors (Lipinski definition) is 14. The number of nitrogens with zero attached hydrogens (tertiary/aromatic N) is 1. The largest absolute Gasteiger partial charge is 0.458 e. The van der Waals surface area contributed by atoms with Crippen LogP contribution in [0.15, 0.2) is 42.1 Å². The van der Waals surface area contributed by atoms with Gasteiger partial charge < -0.3 is 84.3 Å². The lowest BCUT2D eigenvalue weighted by atomic mass is 9.84. The molecule has 30 heteroatoms. The van der Waals surface area contributed by atoms with Gasteiger partial charge in [0.25, 0.3) is 5.91 Å². The number of aliphatic hydroxyl groups is 1. The molecule has 5 rings (SSSR count). The minimum Gasteiger partial charge on any atom is -0.458 e. The van der Waals surface area contributed by atoms with E-state index in [0.717, 1.165) is 70.6 Å². The van der Waals surface area contributed by atoms with E-state index in [1.807, 2.05) is 0 Å². The molecule has 1 aromatic rings. The molecular weight excluding hydrogens is 1460 g/mol. The second-order valence-electron chi connectivity index (χ2n) is 33.7. The highest BCUT2D eigenvalue weighted by atomic mass is 16.5. The highest BCUT2D eigenvalue weighted by Gasteiger charge is 2.45. The Hall–Kier alpha value is -8.54. The number of hydrogen-bond acceptors (Lipinski definition) is 17. The molecule has 30 nitrogen and oxygen atoms in total. The molecule has 0 unspecified atom stereocenters. The monoisotopic (exact) mass is 1600 g/mol. The first-order valence-electron chi connectivity index (χ1n) is 42.3. The number of allylic oxidation sites excluding steroid dienone is 1. The van der Waals surface area contributed by atoms with E-state index < -0.39 is 191 Å². The third-order valence-corrected chi connectivity index (χ3v) is 22.9. The molecule has 4 fully saturated rings. The van der Waals surface area contributed by atoms with Crippen molar-refractivity contribution in [3.63, 3.8) is 0 Å². The number of cyclic esters (lactones) is 1. The Morgan fingerprint density at radius 2 is 1.17 bits per heavy atom. The number of carbonyl (C=O) groups excluding carboxylic acids is 14. The number of nitrogens with two attached hydrogens (primary N) is 1. The third-order valence-electron chi connectivity index (χ3n) is 22.9. The van der Waals surface area contributed by atoms with Crippen molar-refractivity contribution in [1.29, 1.82) is 0 Å². The van der Waals surface area contributed by atoms with Crippen LogP contribution < -0.4 is 69.5 Å². The van der Waals surface area contributed by atoms with Gasteiger partial charge in [-0.15, -0.1) is 0 Å². The van der Waals surface area contributed by atoms with Crippen LogP contribution in [0.2, 0.25) is 0 Å². The van der Waals surface area contributed by atoms with Crippen LogP contribution >= 0.6 is 0 Å². The summed E-state index contributed by atoms with van der Waals surface area (Å²) in [5, 5.41) is 44.4. The first-order valence-corrected chi connectivity index (χ1v) is 42.3. The second-order valence-corrected chi connectivity index (χ2v) is 33.7. The zero-order valence-corrected chi connectivity index (χ0v) is 70.4. The maximum atomic E-state index is 15.1. The van der Waals surface area contributed by atoms with Gasteiger partial charge in [-0.1, -0.05) is 203 Å². The van der Waals surface area contributed by atoms with E-state index in [1.165, 1.54) is 31.7 Å². The van der Waals surface area contributed by atoms with E-state index in [0.29, 0.717) is 43.6 Å². The van der Waals surface area contributed by atoms with E-state index >= 15 is 14.4 Å². The van der Waals surface area contributed by atoms with E-state index in [-0.39, 0.29) is 81.5 Å². The molecule has 2 aliphatic carbocycles. The highest BCUT2D eigenvalue weighted by molar-refractivity contribution is 6.03. The van der Waals surface area contributed by atoms with Gasteiger partial charge in [0, 0.05) is 19.4 Å². The summed E-state index contributed by atoms with van der Waals surface area (Å²) in [6.07, 6.45) is 12.0. The number of amides is 13. The van der Waals surface area contributed by atoms with Gasteiger partial charge in [0.2, 0.25) is 70.9 Å². The molecule has 15 N–H and O–H groups in total. The minimum absolute atomic E-state index is 0.0334. The summed E-state index contributed by atoms with van der Waals surface area (Å²) < 4.78 is 5.99. The number of benzene rings is 1. The predicted molar refractivity (Wildman–Crippen MR) is 433 cm³/mol. The Balaban J connectivity index is 1.41. The number of likely N-dealkylation sites (tertiary alicyclic amines) is 1. The van der Waals surface area contributed by atoms with E-state index in [2.05, 4.69) is 77.6 Å². The third kappa shape index (κ3) is 29.9. The van der Waals surface area contributed by atoms with Crippen molar-refractivity contribution >= 4 is 82.8 Å². The van der Waals surface area contributed by atoms with E-state index in [9.17, 15) is 57.8 Å². The number of rotatable bonds is 36.